The molecule has 2 atom stereocenters. The minimum Gasteiger partial charge on any atom is -0.613 e. The Morgan fingerprint density at radius 1 is 1.41 bits per heavy atom. The Bertz CT molecular complexity index is 497. The van der Waals surface area contributed by atoms with Gasteiger partial charge in [-0.3, -0.25) is 4.52 Å². The second kappa shape index (κ2) is 9.11. The molecular formula is C11H21ClNO7P2+. The van der Waals surface area contributed by atoms with Gasteiger partial charge in [-0.1, -0.05) is 6.58 Å². The number of phosphoric acid groups is 1. The van der Waals surface area contributed by atoms with Crippen molar-refractivity contribution in [3.8, 4) is 0 Å². The van der Waals surface area contributed by atoms with E-state index in [9.17, 15) is 19.1 Å². The van der Waals surface area contributed by atoms with Crippen LogP contribution in [0.5, 0.6) is 0 Å². The van der Waals surface area contributed by atoms with E-state index in [1.54, 1.807) is 21.1 Å². The lowest BCUT2D eigenvalue weighted by Gasteiger charge is -2.23. The smallest absolute Gasteiger partial charge is 0.480 e. The van der Waals surface area contributed by atoms with Crippen molar-refractivity contribution < 1.29 is 37.4 Å². The molecule has 0 aliphatic rings. The summed E-state index contributed by atoms with van der Waals surface area (Å²) >= 11 is 5.46. The van der Waals surface area contributed by atoms with Gasteiger partial charge < -0.3 is 19.0 Å². The molecule has 0 spiro atoms. The van der Waals surface area contributed by atoms with Crippen LogP contribution < -0.4 is 4.89 Å². The van der Waals surface area contributed by atoms with Crippen LogP contribution in [-0.4, -0.2) is 61.7 Å². The van der Waals surface area contributed by atoms with Crippen LogP contribution in [0.25, 0.3) is 0 Å². The van der Waals surface area contributed by atoms with Gasteiger partial charge in [0.25, 0.3) is 0 Å². The molecule has 0 saturated heterocycles. The Hall–Kier alpha value is -0.300. The zero-order valence-electron chi connectivity index (χ0n) is 12.9. The van der Waals surface area contributed by atoms with E-state index in [4.69, 9.17) is 15.8 Å². The van der Waals surface area contributed by atoms with Gasteiger partial charge in [-0.25, -0.2) is 13.9 Å². The van der Waals surface area contributed by atoms with Crippen LogP contribution in [-0.2, 0) is 23.1 Å². The zero-order chi connectivity index (χ0) is 17.6. The maximum absolute atomic E-state index is 11.7. The first-order valence-corrected chi connectivity index (χ1v) is 9.79. The molecule has 1 N–H and O–H groups in total. The molecular weight excluding hydrogens is 356 g/mol. The Morgan fingerprint density at radius 2 is 1.95 bits per heavy atom. The van der Waals surface area contributed by atoms with Crippen molar-refractivity contribution in [2.45, 2.75) is 6.92 Å². The predicted molar refractivity (Wildman–Crippen MR) is 83.3 cm³/mol. The molecule has 0 aromatic rings. The lowest BCUT2D eigenvalue weighted by molar-refractivity contribution is -0.861. The van der Waals surface area contributed by atoms with Crippen molar-refractivity contribution in [1.29, 1.82) is 0 Å². The van der Waals surface area contributed by atoms with Crippen molar-refractivity contribution >= 4 is 37.6 Å². The number of nitrogens with zero attached hydrogens (tertiary/aromatic N) is 1. The van der Waals surface area contributed by atoms with Gasteiger partial charge in [-0.2, -0.15) is 0 Å². The van der Waals surface area contributed by atoms with Crippen LogP contribution in [0.4, 0.5) is 0 Å². The van der Waals surface area contributed by atoms with Gasteiger partial charge in [-0.05, 0) is 6.92 Å². The van der Waals surface area contributed by atoms with Crippen LogP contribution in [0.3, 0.4) is 0 Å². The predicted octanol–water partition coefficient (Wildman–Crippen LogP) is 0.986. The molecule has 0 saturated carbocycles. The van der Waals surface area contributed by atoms with Gasteiger partial charge in [0.1, 0.15) is 6.61 Å². The van der Waals surface area contributed by atoms with Crippen LogP contribution in [0.1, 0.15) is 6.92 Å². The van der Waals surface area contributed by atoms with E-state index >= 15 is 0 Å². The largest absolute Gasteiger partial charge is 0.613 e. The number of ether oxygens (including phenoxy) is 1. The minimum absolute atomic E-state index is 0.0667. The Morgan fingerprint density at radius 3 is 2.36 bits per heavy atom. The van der Waals surface area contributed by atoms with Gasteiger partial charge in [0.15, 0.2) is 17.8 Å². The molecule has 0 heterocycles. The number of carbonyl (C=O) groups excluding carboxylic acids is 1. The van der Waals surface area contributed by atoms with E-state index in [0.29, 0.717) is 4.48 Å². The van der Waals surface area contributed by atoms with Crippen molar-refractivity contribution in [2.75, 3.05) is 40.9 Å². The highest BCUT2D eigenvalue weighted by atomic mass is 35.7. The van der Waals surface area contributed by atoms with Gasteiger partial charge in [-0.15, -0.1) is 0 Å². The van der Waals surface area contributed by atoms with Gasteiger partial charge in [0.2, 0.25) is 7.12 Å². The molecule has 2 unspecified atom stereocenters. The lowest BCUT2D eigenvalue weighted by atomic mass is 10.4. The van der Waals surface area contributed by atoms with E-state index in [1.807, 2.05) is 0 Å². The fraction of sp³-hybridized carbons (Fsp3) is 0.636. The second-order valence-electron chi connectivity index (χ2n) is 5.40. The van der Waals surface area contributed by atoms with Crippen LogP contribution in [0.15, 0.2) is 12.2 Å². The molecule has 0 bridgehead atoms. The first-order chi connectivity index (χ1) is 9.84. The fourth-order valence-electron chi connectivity index (χ4n) is 1.09. The molecule has 0 rings (SSSR count). The number of quaternary nitrogens is 1. The van der Waals surface area contributed by atoms with Crippen LogP contribution in [0, 0.1) is 0 Å². The number of esters is 1. The number of rotatable bonds is 9. The standard InChI is InChI=1S/C11H20ClNO7P2/c1-9(2)11(14)18-6-7-19-22(16,17)20-10(21(12)15)8-13(3,4)5/h1,6-8H2,2-5H3/p+1. The van der Waals surface area contributed by atoms with E-state index in [0.717, 1.165) is 0 Å². The van der Waals surface area contributed by atoms with E-state index in [1.165, 1.54) is 6.92 Å². The highest BCUT2D eigenvalue weighted by Gasteiger charge is 2.31. The van der Waals surface area contributed by atoms with Gasteiger partial charge in [0, 0.05) is 5.57 Å². The molecule has 0 aliphatic carbocycles. The number of halogens is 1. The van der Waals surface area contributed by atoms with Crippen molar-refractivity contribution in [3.05, 3.63) is 12.2 Å². The highest BCUT2D eigenvalue weighted by molar-refractivity contribution is 7.78. The summed E-state index contributed by atoms with van der Waals surface area (Å²) in [6.45, 7) is 4.29. The third-order valence-electron chi connectivity index (χ3n) is 1.95. The summed E-state index contributed by atoms with van der Waals surface area (Å²) in [5.74, 6) is -0.640. The first kappa shape index (κ1) is 21.7. The van der Waals surface area contributed by atoms with E-state index in [2.05, 4.69) is 15.8 Å². The summed E-state index contributed by atoms with van der Waals surface area (Å²) in [5.41, 5.74) is -0.0462. The molecule has 11 heteroatoms. The highest BCUT2D eigenvalue weighted by Crippen LogP contribution is 2.45. The quantitative estimate of drug-likeness (QED) is 0.210. The summed E-state index contributed by atoms with van der Waals surface area (Å²) in [6.07, 6.45) is 0. The first-order valence-electron chi connectivity index (χ1n) is 6.13. The SMILES string of the molecule is C=C(C)C(=O)OCCOP(=O)(O)O/C(C[N+](C)(C)C)=[P+](\[O-])Cl. The molecule has 128 valence electrons. The summed E-state index contributed by atoms with van der Waals surface area (Å²) in [4.78, 5) is 32.0. The van der Waals surface area contributed by atoms with Gasteiger partial charge in [0.05, 0.1) is 27.7 Å². The van der Waals surface area contributed by atoms with Crippen LogP contribution >= 0.6 is 26.2 Å². The molecule has 0 aliphatic heterocycles. The number of phosphoric ester groups is 1. The third kappa shape index (κ3) is 10.4. The third-order valence-corrected chi connectivity index (χ3v) is 4.24. The molecule has 0 radical (unpaired) electrons. The fourth-order valence-corrected chi connectivity index (χ4v) is 3.31. The normalized spacial score (nSPS) is 15.8. The van der Waals surface area contributed by atoms with Crippen molar-refractivity contribution in [1.82, 2.24) is 0 Å². The molecule has 0 aromatic heterocycles. The number of likely N-dealkylation sites (N-methyl/N-ethyl adjacent to an activating group) is 1. The number of hydrogen-bond donors (Lipinski definition) is 1. The van der Waals surface area contributed by atoms with Crippen molar-refractivity contribution in [2.24, 2.45) is 0 Å². The maximum atomic E-state index is 11.7. The average Bonchev–Trinajstić information content (AvgIpc) is 2.31. The molecule has 22 heavy (non-hydrogen) atoms. The zero-order valence-corrected chi connectivity index (χ0v) is 15.5. The molecule has 8 nitrogen and oxygen atoms in total. The van der Waals surface area contributed by atoms with E-state index in [-0.39, 0.29) is 30.8 Å². The second-order valence-corrected chi connectivity index (χ2v) is 8.68. The molecule has 0 aromatic carbocycles. The Kier molecular flexibility index (Phi) is 8.98. The maximum Gasteiger partial charge on any atom is 0.480 e. The Balaban J connectivity index is 4.50. The average molecular weight is 377 g/mol. The number of hydrogen-bond acceptors (Lipinski definition) is 6. The summed E-state index contributed by atoms with van der Waals surface area (Å²) in [6, 6.07) is 0. The summed E-state index contributed by atoms with van der Waals surface area (Å²) in [7, 11) is -1.65. The summed E-state index contributed by atoms with van der Waals surface area (Å²) < 4.78 is 26.1. The van der Waals surface area contributed by atoms with Crippen molar-refractivity contribution in [3.63, 3.8) is 0 Å². The topological polar surface area (TPSA) is 105 Å². The number of carbonyl (C=O) groups is 1. The molecule has 0 amide bonds. The summed E-state index contributed by atoms with van der Waals surface area (Å²) in [5, 5.41) is 0. The minimum atomic E-state index is -4.50. The lowest BCUT2D eigenvalue weighted by Crippen LogP contribution is -2.40. The molecule has 0 fully saturated rings. The van der Waals surface area contributed by atoms with Gasteiger partial charge >= 0.3 is 19.3 Å². The van der Waals surface area contributed by atoms with Crippen LogP contribution in [0.2, 0.25) is 0 Å². The monoisotopic (exact) mass is 376 g/mol. The Labute approximate surface area is 135 Å². The van der Waals surface area contributed by atoms with E-state index < -0.39 is 20.9 Å².